The topological polar surface area (TPSA) is 77.1 Å². The van der Waals surface area contributed by atoms with E-state index in [1.165, 1.54) is 12.7 Å². The molecule has 0 aromatic heterocycles. The number of benzene rings is 2. The van der Waals surface area contributed by atoms with Gasteiger partial charge in [0.05, 0.1) is 26.9 Å². The number of esters is 1. The number of methoxy groups -OCH3 is 3. The van der Waals surface area contributed by atoms with E-state index in [2.05, 4.69) is 28.1 Å². The highest BCUT2D eigenvalue weighted by molar-refractivity contribution is 5.89. The maximum absolute atomic E-state index is 12.0. The summed E-state index contributed by atoms with van der Waals surface area (Å²) in [5, 5.41) is 2.95. The van der Waals surface area contributed by atoms with E-state index >= 15 is 0 Å². The highest BCUT2D eigenvalue weighted by atomic mass is 16.5. The summed E-state index contributed by atoms with van der Waals surface area (Å²) in [6.07, 6.45) is 5.79. The van der Waals surface area contributed by atoms with E-state index < -0.39 is 0 Å². The van der Waals surface area contributed by atoms with Gasteiger partial charge in [0.2, 0.25) is 5.91 Å². The van der Waals surface area contributed by atoms with Crippen LogP contribution in [-0.4, -0.2) is 64.8 Å². The van der Waals surface area contributed by atoms with Crippen molar-refractivity contribution >= 4 is 18.0 Å². The van der Waals surface area contributed by atoms with Crippen LogP contribution in [-0.2, 0) is 16.0 Å². The molecule has 1 N–H and O–H groups in total. The lowest BCUT2D eigenvalue weighted by Gasteiger charge is -2.17. The second-order valence-electron chi connectivity index (χ2n) is 7.67. The Balaban J connectivity index is 1.62. The smallest absolute Gasteiger partial charge is 0.337 e. The zero-order chi connectivity index (χ0) is 24.1. The lowest BCUT2D eigenvalue weighted by atomic mass is 10.1. The molecule has 0 aliphatic heterocycles. The van der Waals surface area contributed by atoms with E-state index in [9.17, 15) is 9.59 Å². The molecule has 2 aromatic carbocycles. The summed E-state index contributed by atoms with van der Waals surface area (Å²) in [5.74, 6) is 1.10. The van der Waals surface area contributed by atoms with Crippen LogP contribution in [0.2, 0.25) is 0 Å². The third-order valence-corrected chi connectivity index (χ3v) is 5.21. The Labute approximate surface area is 196 Å². The van der Waals surface area contributed by atoms with Gasteiger partial charge in [0, 0.05) is 19.5 Å². The summed E-state index contributed by atoms with van der Waals surface area (Å²) in [5.41, 5.74) is 2.62. The second kappa shape index (κ2) is 14.0. The highest BCUT2D eigenvalue weighted by Gasteiger charge is 2.06. The molecule has 0 unspecified atom stereocenters. The van der Waals surface area contributed by atoms with E-state index in [0.29, 0.717) is 18.5 Å². The van der Waals surface area contributed by atoms with Crippen LogP contribution in [0.3, 0.4) is 0 Å². The van der Waals surface area contributed by atoms with Gasteiger partial charge in [-0.15, -0.1) is 0 Å². The largest absolute Gasteiger partial charge is 0.493 e. The fourth-order valence-electron chi connectivity index (χ4n) is 3.27. The van der Waals surface area contributed by atoms with E-state index in [1.807, 2.05) is 36.4 Å². The fraction of sp³-hybridized carbons (Fsp3) is 0.385. The van der Waals surface area contributed by atoms with Crippen molar-refractivity contribution in [1.29, 1.82) is 0 Å². The van der Waals surface area contributed by atoms with Gasteiger partial charge >= 0.3 is 5.97 Å². The predicted octanol–water partition coefficient (Wildman–Crippen LogP) is 3.57. The molecule has 2 rings (SSSR count). The summed E-state index contributed by atoms with van der Waals surface area (Å²) in [6.45, 7) is 2.46. The molecule has 0 atom stereocenters. The molecule has 7 nitrogen and oxygen atoms in total. The summed E-state index contributed by atoms with van der Waals surface area (Å²) in [4.78, 5) is 25.7. The van der Waals surface area contributed by atoms with E-state index in [-0.39, 0.29) is 11.9 Å². The third kappa shape index (κ3) is 8.98. The molecular formula is C26H34N2O5. The van der Waals surface area contributed by atoms with Gasteiger partial charge in [0.15, 0.2) is 11.5 Å². The van der Waals surface area contributed by atoms with Gasteiger partial charge in [-0.2, -0.15) is 0 Å². The fourth-order valence-corrected chi connectivity index (χ4v) is 3.27. The molecule has 7 heteroatoms. The average Bonchev–Trinajstić information content (AvgIpc) is 2.85. The van der Waals surface area contributed by atoms with Crippen molar-refractivity contribution in [2.45, 2.75) is 19.3 Å². The molecule has 0 spiro atoms. The quantitative estimate of drug-likeness (QED) is 0.368. The Morgan fingerprint density at radius 2 is 1.70 bits per heavy atom. The molecule has 0 saturated carbocycles. The molecule has 1 amide bonds. The summed E-state index contributed by atoms with van der Waals surface area (Å²) >= 11 is 0. The number of carbonyl (C=O) groups excluding carboxylic acids is 2. The number of hydrogen-bond acceptors (Lipinski definition) is 6. The molecule has 0 radical (unpaired) electrons. The number of amides is 1. The Hall–Kier alpha value is -3.32. The van der Waals surface area contributed by atoms with Gasteiger partial charge < -0.3 is 24.4 Å². The number of nitrogens with zero attached hydrogens (tertiary/aromatic N) is 1. The first-order valence-corrected chi connectivity index (χ1v) is 11.0. The average molecular weight is 455 g/mol. The maximum Gasteiger partial charge on any atom is 0.337 e. The normalized spacial score (nSPS) is 10.9. The lowest BCUT2D eigenvalue weighted by molar-refractivity contribution is -0.120. The molecule has 0 aliphatic rings. The number of rotatable bonds is 13. The van der Waals surface area contributed by atoms with Gasteiger partial charge in [-0.1, -0.05) is 30.4 Å². The van der Waals surface area contributed by atoms with Crippen LogP contribution >= 0.6 is 0 Å². The van der Waals surface area contributed by atoms with Gasteiger partial charge in [0.25, 0.3) is 0 Å². The number of hydrogen-bond donors (Lipinski definition) is 1. The third-order valence-electron chi connectivity index (χ3n) is 5.21. The van der Waals surface area contributed by atoms with Crippen LogP contribution in [0, 0.1) is 0 Å². The molecular weight excluding hydrogens is 420 g/mol. The molecule has 0 saturated heterocycles. The lowest BCUT2D eigenvalue weighted by Crippen LogP contribution is -2.28. The van der Waals surface area contributed by atoms with Gasteiger partial charge in [-0.25, -0.2) is 4.79 Å². The minimum Gasteiger partial charge on any atom is -0.493 e. The first kappa shape index (κ1) is 25.9. The Morgan fingerprint density at radius 3 is 2.36 bits per heavy atom. The van der Waals surface area contributed by atoms with Gasteiger partial charge in [-0.05, 0) is 61.8 Å². The molecule has 0 fully saturated rings. The van der Waals surface area contributed by atoms with Crippen LogP contribution in [0.4, 0.5) is 0 Å². The molecule has 0 heterocycles. The number of ether oxygens (including phenoxy) is 3. The van der Waals surface area contributed by atoms with Crippen LogP contribution < -0.4 is 14.8 Å². The monoisotopic (exact) mass is 454 g/mol. The molecule has 33 heavy (non-hydrogen) atoms. The molecule has 2 aromatic rings. The standard InChI is InChI=1S/C26H34N2O5/c1-28(18-15-21-11-14-23(31-2)24(19-21)32-3)17-6-16-27-25(29)8-5-7-20-9-12-22(13-10-20)26(30)33-4/h5,7,9-14,19H,6,8,15-18H2,1-4H3,(H,27,29). The van der Waals surface area contributed by atoms with Crippen LogP contribution in [0.15, 0.2) is 48.5 Å². The minimum absolute atomic E-state index is 0.00888. The molecule has 0 bridgehead atoms. The predicted molar refractivity (Wildman–Crippen MR) is 130 cm³/mol. The van der Waals surface area contributed by atoms with Gasteiger partial charge in [-0.3, -0.25) is 4.79 Å². The Bertz CT molecular complexity index is 925. The van der Waals surface area contributed by atoms with Crippen molar-refractivity contribution in [3.8, 4) is 11.5 Å². The van der Waals surface area contributed by atoms with Crippen molar-refractivity contribution in [2.75, 3.05) is 48.0 Å². The Morgan fingerprint density at radius 1 is 0.970 bits per heavy atom. The highest BCUT2D eigenvalue weighted by Crippen LogP contribution is 2.27. The first-order chi connectivity index (χ1) is 16.0. The van der Waals surface area contributed by atoms with Crippen LogP contribution in [0.5, 0.6) is 11.5 Å². The number of carbonyl (C=O) groups is 2. The second-order valence-corrected chi connectivity index (χ2v) is 7.67. The van der Waals surface area contributed by atoms with E-state index in [0.717, 1.165) is 43.0 Å². The summed E-state index contributed by atoms with van der Waals surface area (Å²) in [6, 6.07) is 13.0. The zero-order valence-corrected chi connectivity index (χ0v) is 19.9. The number of likely N-dealkylation sites (N-methyl/N-ethyl adjacent to an activating group) is 1. The van der Waals surface area contributed by atoms with Crippen molar-refractivity contribution in [2.24, 2.45) is 0 Å². The SMILES string of the molecule is COC(=O)c1ccc(C=CCC(=O)NCCCN(C)CCc2ccc(OC)c(OC)c2)cc1. The van der Waals surface area contributed by atoms with Crippen molar-refractivity contribution < 1.29 is 23.8 Å². The Kier molecular flexibility index (Phi) is 11.0. The minimum atomic E-state index is -0.364. The van der Waals surface area contributed by atoms with Crippen LogP contribution in [0.1, 0.15) is 34.3 Å². The summed E-state index contributed by atoms with van der Waals surface area (Å²) in [7, 11) is 6.71. The van der Waals surface area contributed by atoms with E-state index in [1.54, 1.807) is 26.4 Å². The van der Waals surface area contributed by atoms with Crippen LogP contribution in [0.25, 0.3) is 6.08 Å². The number of nitrogens with one attached hydrogen (secondary N) is 1. The maximum atomic E-state index is 12.0. The molecule has 0 aliphatic carbocycles. The van der Waals surface area contributed by atoms with Crippen molar-refractivity contribution in [3.05, 3.63) is 65.2 Å². The first-order valence-electron chi connectivity index (χ1n) is 11.0. The van der Waals surface area contributed by atoms with E-state index in [4.69, 9.17) is 9.47 Å². The molecule has 178 valence electrons. The van der Waals surface area contributed by atoms with Crippen molar-refractivity contribution in [1.82, 2.24) is 10.2 Å². The van der Waals surface area contributed by atoms with Crippen molar-refractivity contribution in [3.63, 3.8) is 0 Å². The zero-order valence-electron chi connectivity index (χ0n) is 19.9. The van der Waals surface area contributed by atoms with Gasteiger partial charge in [0.1, 0.15) is 0 Å². The summed E-state index contributed by atoms with van der Waals surface area (Å²) < 4.78 is 15.3.